The number of carbonyl (C=O) groups is 2. The molecule has 6 heteroatoms. The second-order valence-corrected chi connectivity index (χ2v) is 7.78. The highest BCUT2D eigenvalue weighted by Crippen LogP contribution is 2.51. The molecule has 0 aliphatic carbocycles. The average molecular weight is 431 g/mol. The molecular formula is C26H25NO5. The van der Waals surface area contributed by atoms with Crippen LogP contribution in [0.5, 0.6) is 17.2 Å². The van der Waals surface area contributed by atoms with Crippen molar-refractivity contribution in [3.05, 3.63) is 82.9 Å². The second kappa shape index (κ2) is 9.14. The number of Topliss-reactive ketones (excluding diaryl/α,β-unsaturated/α-hetero) is 1. The first-order valence-corrected chi connectivity index (χ1v) is 10.5. The molecule has 32 heavy (non-hydrogen) atoms. The van der Waals surface area contributed by atoms with Crippen molar-refractivity contribution in [3.63, 3.8) is 0 Å². The van der Waals surface area contributed by atoms with Crippen molar-refractivity contribution in [1.82, 2.24) is 0 Å². The van der Waals surface area contributed by atoms with Crippen LogP contribution in [0.2, 0.25) is 0 Å². The highest BCUT2D eigenvalue weighted by Gasteiger charge is 2.34. The van der Waals surface area contributed by atoms with Crippen LogP contribution in [-0.4, -0.2) is 23.5 Å². The Morgan fingerprint density at radius 1 is 0.969 bits per heavy atom. The van der Waals surface area contributed by atoms with Crippen LogP contribution in [0.4, 0.5) is 5.69 Å². The van der Waals surface area contributed by atoms with Gasteiger partial charge in [-0.15, -0.1) is 0 Å². The number of esters is 1. The summed E-state index contributed by atoms with van der Waals surface area (Å²) in [6.45, 7) is 3.92. The first-order valence-electron chi connectivity index (χ1n) is 10.5. The second-order valence-electron chi connectivity index (χ2n) is 7.78. The summed E-state index contributed by atoms with van der Waals surface area (Å²) in [5, 5.41) is 11.0. The number of ketones is 1. The number of phenolic OH excluding ortho intramolecular Hbond substituents is 1. The summed E-state index contributed by atoms with van der Waals surface area (Å²) in [5.74, 6) is -0.444. The summed E-state index contributed by atoms with van der Waals surface area (Å²) in [6, 6.07) is 19.6. The summed E-state index contributed by atoms with van der Waals surface area (Å²) >= 11 is 0. The SMILES string of the molecule is CC(=O)Oc1c2c(c(O)c(C(C)=O)c1N(Cc1ccccc1)Cc1ccccc1)CCO2. The normalized spacial score (nSPS) is 12.1. The quantitative estimate of drug-likeness (QED) is 0.333. The van der Waals surface area contributed by atoms with Crippen LogP contribution in [0.25, 0.3) is 0 Å². The molecule has 0 bridgehead atoms. The van der Waals surface area contributed by atoms with E-state index in [1.807, 2.05) is 65.6 Å². The molecule has 0 saturated heterocycles. The van der Waals surface area contributed by atoms with Crippen molar-refractivity contribution >= 4 is 17.4 Å². The molecule has 1 aliphatic heterocycles. The lowest BCUT2D eigenvalue weighted by molar-refractivity contribution is -0.131. The van der Waals surface area contributed by atoms with E-state index < -0.39 is 5.97 Å². The molecule has 0 atom stereocenters. The number of aromatic hydroxyl groups is 1. The maximum atomic E-state index is 12.8. The summed E-state index contributed by atoms with van der Waals surface area (Å²) in [6.07, 6.45) is 0.438. The first kappa shape index (κ1) is 21.4. The van der Waals surface area contributed by atoms with Crippen molar-refractivity contribution in [2.24, 2.45) is 0 Å². The molecule has 3 aromatic rings. The lowest BCUT2D eigenvalue weighted by Gasteiger charge is -2.30. The maximum Gasteiger partial charge on any atom is 0.308 e. The van der Waals surface area contributed by atoms with Gasteiger partial charge in [0.25, 0.3) is 0 Å². The number of nitrogens with zero attached hydrogens (tertiary/aromatic N) is 1. The highest BCUT2D eigenvalue weighted by atomic mass is 16.6. The summed E-state index contributed by atoms with van der Waals surface area (Å²) < 4.78 is 11.4. The third-order valence-corrected chi connectivity index (χ3v) is 5.40. The molecule has 164 valence electrons. The van der Waals surface area contributed by atoms with Crippen LogP contribution >= 0.6 is 0 Å². The molecule has 0 spiro atoms. The van der Waals surface area contributed by atoms with Gasteiger partial charge in [-0.2, -0.15) is 0 Å². The molecule has 3 aromatic carbocycles. The Morgan fingerprint density at radius 2 is 1.53 bits per heavy atom. The Labute approximate surface area is 187 Å². The van der Waals surface area contributed by atoms with E-state index in [0.29, 0.717) is 43.1 Å². The zero-order valence-electron chi connectivity index (χ0n) is 18.1. The summed E-state index contributed by atoms with van der Waals surface area (Å²) in [5.41, 5.74) is 3.01. The van der Waals surface area contributed by atoms with E-state index in [0.717, 1.165) is 11.1 Å². The minimum absolute atomic E-state index is 0.109. The monoisotopic (exact) mass is 431 g/mol. The van der Waals surface area contributed by atoms with Crippen molar-refractivity contribution in [2.45, 2.75) is 33.4 Å². The third-order valence-electron chi connectivity index (χ3n) is 5.40. The van der Waals surface area contributed by atoms with Gasteiger partial charge in [0, 0.05) is 32.0 Å². The van der Waals surface area contributed by atoms with Crippen molar-refractivity contribution < 1.29 is 24.2 Å². The van der Waals surface area contributed by atoms with Gasteiger partial charge in [-0.3, -0.25) is 9.59 Å². The Hall–Kier alpha value is -3.80. The standard InChI is InChI=1S/C26H25NO5/c1-17(28)22-23(26(32-18(2)29)25-21(24(22)30)13-14-31-25)27(15-19-9-5-3-6-10-19)16-20-11-7-4-8-12-20/h3-12,30H,13-16H2,1-2H3. The number of anilines is 1. The molecule has 6 nitrogen and oxygen atoms in total. The smallest absolute Gasteiger partial charge is 0.308 e. The van der Waals surface area contributed by atoms with Gasteiger partial charge in [-0.25, -0.2) is 0 Å². The zero-order chi connectivity index (χ0) is 22.7. The summed E-state index contributed by atoms with van der Waals surface area (Å²) in [4.78, 5) is 26.7. The zero-order valence-corrected chi connectivity index (χ0v) is 18.1. The van der Waals surface area contributed by atoms with E-state index in [-0.39, 0.29) is 22.8 Å². The number of hydrogen-bond acceptors (Lipinski definition) is 6. The Balaban J connectivity index is 1.94. The Bertz CT molecular complexity index is 1100. The number of ether oxygens (including phenoxy) is 2. The van der Waals surface area contributed by atoms with Crippen LogP contribution in [0.15, 0.2) is 60.7 Å². The number of hydrogen-bond donors (Lipinski definition) is 1. The first-order chi connectivity index (χ1) is 15.5. The number of phenols is 1. The molecule has 0 aromatic heterocycles. The molecule has 1 N–H and O–H groups in total. The molecule has 0 unspecified atom stereocenters. The van der Waals surface area contributed by atoms with E-state index >= 15 is 0 Å². The molecular weight excluding hydrogens is 406 g/mol. The van der Waals surface area contributed by atoms with Crippen LogP contribution in [0, 0.1) is 0 Å². The number of benzene rings is 3. The molecule has 0 radical (unpaired) electrons. The fourth-order valence-electron chi connectivity index (χ4n) is 4.06. The molecule has 1 aliphatic rings. The fraction of sp³-hybridized carbons (Fsp3) is 0.231. The average Bonchev–Trinajstić information content (AvgIpc) is 3.26. The highest BCUT2D eigenvalue weighted by molar-refractivity contribution is 6.05. The fourth-order valence-corrected chi connectivity index (χ4v) is 4.06. The number of fused-ring (bicyclic) bond motifs is 1. The van der Waals surface area contributed by atoms with Crippen molar-refractivity contribution in [2.75, 3.05) is 11.5 Å². The molecule has 0 amide bonds. The lowest BCUT2D eigenvalue weighted by atomic mass is 9.98. The van der Waals surface area contributed by atoms with Crippen molar-refractivity contribution in [1.29, 1.82) is 0 Å². The Kier molecular flexibility index (Phi) is 6.12. The van der Waals surface area contributed by atoms with Gasteiger partial charge >= 0.3 is 5.97 Å². The van der Waals surface area contributed by atoms with E-state index in [1.165, 1.54) is 13.8 Å². The van der Waals surface area contributed by atoms with Gasteiger partial charge < -0.3 is 19.5 Å². The molecule has 0 saturated carbocycles. The molecule has 1 heterocycles. The number of carbonyl (C=O) groups excluding carboxylic acids is 2. The minimum Gasteiger partial charge on any atom is -0.507 e. The molecule has 4 rings (SSSR count). The lowest BCUT2D eigenvalue weighted by Crippen LogP contribution is -2.25. The van der Waals surface area contributed by atoms with Gasteiger partial charge in [-0.05, 0) is 18.1 Å². The van der Waals surface area contributed by atoms with Gasteiger partial charge in [0.05, 0.1) is 17.9 Å². The molecule has 0 fully saturated rings. The minimum atomic E-state index is -0.525. The van der Waals surface area contributed by atoms with E-state index in [1.54, 1.807) is 0 Å². The predicted molar refractivity (Wildman–Crippen MR) is 121 cm³/mol. The van der Waals surface area contributed by atoms with Crippen LogP contribution in [0.1, 0.15) is 40.9 Å². The van der Waals surface area contributed by atoms with E-state index in [9.17, 15) is 14.7 Å². The van der Waals surface area contributed by atoms with Crippen molar-refractivity contribution in [3.8, 4) is 17.2 Å². The van der Waals surface area contributed by atoms with Gasteiger partial charge in [0.1, 0.15) is 5.75 Å². The van der Waals surface area contributed by atoms with Crippen LogP contribution < -0.4 is 14.4 Å². The summed E-state index contributed by atoms with van der Waals surface area (Å²) in [7, 11) is 0. The van der Waals surface area contributed by atoms with Gasteiger partial charge in [0.2, 0.25) is 0 Å². The van der Waals surface area contributed by atoms with Crippen LogP contribution in [-0.2, 0) is 24.3 Å². The largest absolute Gasteiger partial charge is 0.507 e. The maximum absolute atomic E-state index is 12.8. The van der Waals surface area contributed by atoms with Crippen LogP contribution in [0.3, 0.4) is 0 Å². The number of rotatable bonds is 7. The Morgan fingerprint density at radius 3 is 2.03 bits per heavy atom. The van der Waals surface area contributed by atoms with Gasteiger partial charge in [0.15, 0.2) is 17.3 Å². The van der Waals surface area contributed by atoms with E-state index in [2.05, 4.69) is 0 Å². The topological polar surface area (TPSA) is 76.1 Å². The van der Waals surface area contributed by atoms with Gasteiger partial charge in [-0.1, -0.05) is 60.7 Å². The third kappa shape index (κ3) is 4.30. The van der Waals surface area contributed by atoms with E-state index in [4.69, 9.17) is 9.47 Å². The predicted octanol–water partition coefficient (Wildman–Crippen LogP) is 4.66.